The molecule has 0 atom stereocenters. The maximum absolute atomic E-state index is 10.5. The van der Waals surface area contributed by atoms with E-state index in [1.165, 1.54) is 0 Å². The van der Waals surface area contributed by atoms with E-state index >= 15 is 0 Å². The Morgan fingerprint density at radius 2 is 2.11 bits per heavy atom. The van der Waals surface area contributed by atoms with Crippen LogP contribution in [-0.2, 0) is 11.2 Å². The highest BCUT2D eigenvalue weighted by atomic mass is 16.4. The van der Waals surface area contributed by atoms with Crippen molar-refractivity contribution >= 4 is 22.4 Å². The van der Waals surface area contributed by atoms with Gasteiger partial charge in [-0.3, -0.25) is 4.79 Å². The number of rotatable bonds is 4. The van der Waals surface area contributed by atoms with E-state index in [2.05, 4.69) is 10.0 Å². The Hall–Kier alpha value is -2.72. The Morgan fingerprint density at radius 1 is 1.32 bits per heavy atom. The van der Waals surface area contributed by atoms with Gasteiger partial charge in [-0.05, 0) is 29.0 Å². The van der Waals surface area contributed by atoms with Gasteiger partial charge >= 0.3 is 5.97 Å². The lowest BCUT2D eigenvalue weighted by Gasteiger charge is -2.07. The SMILES string of the molecule is [N-]=[N+]=Nc1ccc2c(O)c(CCC(=O)O)ccc2c1. The number of benzene rings is 2. The second-order valence-corrected chi connectivity index (χ2v) is 4.06. The molecule has 0 saturated carbocycles. The van der Waals surface area contributed by atoms with Crippen LogP contribution in [0.2, 0.25) is 0 Å². The van der Waals surface area contributed by atoms with Crippen molar-refractivity contribution < 1.29 is 15.0 Å². The number of nitrogens with zero attached hydrogens (tertiary/aromatic N) is 3. The predicted molar refractivity (Wildman–Crippen MR) is 70.4 cm³/mol. The molecular weight excluding hydrogens is 246 g/mol. The first-order chi connectivity index (χ1) is 9.11. The standard InChI is InChI=1S/C13H11N3O3/c14-16-15-10-4-5-11-9(7-10)2-1-8(13(11)19)3-6-12(17)18/h1-2,4-5,7,19H,3,6H2,(H,17,18). The molecule has 6 heteroatoms. The fraction of sp³-hybridized carbons (Fsp3) is 0.154. The summed E-state index contributed by atoms with van der Waals surface area (Å²) in [5.74, 6) is -0.829. The van der Waals surface area contributed by atoms with Crippen LogP contribution in [0.1, 0.15) is 12.0 Å². The third-order valence-electron chi connectivity index (χ3n) is 2.83. The predicted octanol–water partition coefficient (Wildman–Crippen LogP) is 3.50. The van der Waals surface area contributed by atoms with Gasteiger partial charge in [-0.1, -0.05) is 29.4 Å². The van der Waals surface area contributed by atoms with Gasteiger partial charge in [0.2, 0.25) is 0 Å². The van der Waals surface area contributed by atoms with Gasteiger partial charge in [-0.2, -0.15) is 0 Å². The summed E-state index contributed by atoms with van der Waals surface area (Å²) in [6.45, 7) is 0. The molecule has 2 N–H and O–H groups in total. The highest BCUT2D eigenvalue weighted by molar-refractivity contribution is 5.91. The van der Waals surface area contributed by atoms with Crippen molar-refractivity contribution in [1.29, 1.82) is 0 Å². The summed E-state index contributed by atoms with van der Waals surface area (Å²) in [5.41, 5.74) is 9.42. The number of aryl methyl sites for hydroxylation is 1. The molecule has 0 aliphatic heterocycles. The quantitative estimate of drug-likeness (QED) is 0.497. The molecule has 0 saturated heterocycles. The van der Waals surface area contributed by atoms with Gasteiger partial charge in [0, 0.05) is 22.4 Å². The van der Waals surface area contributed by atoms with E-state index < -0.39 is 5.97 Å². The molecule has 0 radical (unpaired) electrons. The van der Waals surface area contributed by atoms with E-state index in [-0.39, 0.29) is 18.6 Å². The smallest absolute Gasteiger partial charge is 0.303 e. The molecular formula is C13H11N3O3. The molecule has 0 spiro atoms. The Morgan fingerprint density at radius 3 is 2.79 bits per heavy atom. The molecule has 0 bridgehead atoms. The van der Waals surface area contributed by atoms with Crippen LogP contribution < -0.4 is 0 Å². The molecule has 0 fully saturated rings. The van der Waals surface area contributed by atoms with Crippen LogP contribution in [0.3, 0.4) is 0 Å². The van der Waals surface area contributed by atoms with Gasteiger partial charge in [0.15, 0.2) is 0 Å². The summed E-state index contributed by atoms with van der Waals surface area (Å²) >= 11 is 0. The maximum Gasteiger partial charge on any atom is 0.303 e. The van der Waals surface area contributed by atoms with Crippen molar-refractivity contribution in [3.05, 3.63) is 46.3 Å². The van der Waals surface area contributed by atoms with E-state index in [0.29, 0.717) is 16.6 Å². The molecule has 0 aromatic heterocycles. The average molecular weight is 257 g/mol. The highest BCUT2D eigenvalue weighted by Crippen LogP contribution is 2.32. The molecule has 2 rings (SSSR count). The largest absolute Gasteiger partial charge is 0.507 e. The fourth-order valence-corrected chi connectivity index (χ4v) is 1.90. The number of fused-ring (bicyclic) bond motifs is 1. The van der Waals surface area contributed by atoms with Crippen molar-refractivity contribution in [3.8, 4) is 5.75 Å². The zero-order chi connectivity index (χ0) is 13.8. The molecule has 2 aromatic carbocycles. The molecule has 96 valence electrons. The van der Waals surface area contributed by atoms with Crippen LogP contribution in [0.25, 0.3) is 21.2 Å². The first-order valence-electron chi connectivity index (χ1n) is 5.63. The van der Waals surface area contributed by atoms with Crippen LogP contribution in [-0.4, -0.2) is 16.2 Å². The van der Waals surface area contributed by atoms with E-state index in [1.807, 2.05) is 0 Å². The van der Waals surface area contributed by atoms with E-state index in [4.69, 9.17) is 10.6 Å². The lowest BCUT2D eigenvalue weighted by atomic mass is 10.0. The second-order valence-electron chi connectivity index (χ2n) is 4.06. The fourth-order valence-electron chi connectivity index (χ4n) is 1.90. The van der Waals surface area contributed by atoms with Crippen molar-refractivity contribution in [2.45, 2.75) is 12.8 Å². The minimum Gasteiger partial charge on any atom is -0.507 e. The Labute approximate surface area is 108 Å². The topological polar surface area (TPSA) is 106 Å². The van der Waals surface area contributed by atoms with Crippen molar-refractivity contribution in [2.24, 2.45) is 5.11 Å². The number of hydrogen-bond donors (Lipinski definition) is 2. The number of carboxylic acids is 1. The summed E-state index contributed by atoms with van der Waals surface area (Å²) in [5, 5.41) is 23.6. The minimum absolute atomic E-state index is 0.0319. The van der Waals surface area contributed by atoms with Crippen molar-refractivity contribution in [2.75, 3.05) is 0 Å². The number of aliphatic carboxylic acids is 1. The van der Waals surface area contributed by atoms with Crippen LogP contribution in [0.15, 0.2) is 35.4 Å². The lowest BCUT2D eigenvalue weighted by Crippen LogP contribution is -1.97. The molecule has 6 nitrogen and oxygen atoms in total. The molecule has 19 heavy (non-hydrogen) atoms. The number of phenolic OH excluding ortho intramolecular Hbond substituents is 1. The van der Waals surface area contributed by atoms with Gasteiger partial charge in [0.25, 0.3) is 0 Å². The Kier molecular flexibility index (Phi) is 3.54. The number of hydrogen-bond acceptors (Lipinski definition) is 3. The lowest BCUT2D eigenvalue weighted by molar-refractivity contribution is -0.136. The van der Waals surface area contributed by atoms with Gasteiger partial charge in [-0.15, -0.1) is 0 Å². The molecule has 0 aliphatic carbocycles. The van der Waals surface area contributed by atoms with Crippen LogP contribution in [0.4, 0.5) is 5.69 Å². The summed E-state index contributed by atoms with van der Waals surface area (Å²) in [6.07, 6.45) is 0.241. The molecule has 0 amide bonds. The van der Waals surface area contributed by atoms with Crippen LogP contribution >= 0.6 is 0 Å². The van der Waals surface area contributed by atoms with Crippen LogP contribution in [0, 0.1) is 0 Å². The van der Waals surface area contributed by atoms with Crippen LogP contribution in [0.5, 0.6) is 5.75 Å². The third-order valence-corrected chi connectivity index (χ3v) is 2.83. The number of carbonyl (C=O) groups is 1. The number of phenols is 1. The first-order valence-corrected chi connectivity index (χ1v) is 5.63. The number of aromatic hydroxyl groups is 1. The minimum atomic E-state index is -0.904. The van der Waals surface area contributed by atoms with E-state index in [9.17, 15) is 9.90 Å². The van der Waals surface area contributed by atoms with Crippen molar-refractivity contribution in [3.63, 3.8) is 0 Å². The molecule has 0 aliphatic rings. The van der Waals surface area contributed by atoms with Crippen molar-refractivity contribution in [1.82, 2.24) is 0 Å². The summed E-state index contributed by atoms with van der Waals surface area (Å²) in [4.78, 5) is 13.2. The molecule has 0 unspecified atom stereocenters. The van der Waals surface area contributed by atoms with Gasteiger partial charge in [-0.25, -0.2) is 0 Å². The van der Waals surface area contributed by atoms with E-state index in [0.717, 1.165) is 5.39 Å². The maximum atomic E-state index is 10.5. The summed E-state index contributed by atoms with van der Waals surface area (Å²) in [7, 11) is 0. The second kappa shape index (κ2) is 5.29. The molecule has 2 aromatic rings. The zero-order valence-corrected chi connectivity index (χ0v) is 9.95. The Balaban J connectivity index is 2.44. The van der Waals surface area contributed by atoms with Gasteiger partial charge in [0.1, 0.15) is 5.75 Å². The first kappa shape index (κ1) is 12.7. The highest BCUT2D eigenvalue weighted by Gasteiger charge is 2.08. The van der Waals surface area contributed by atoms with E-state index in [1.54, 1.807) is 30.3 Å². The third kappa shape index (κ3) is 2.75. The average Bonchev–Trinajstić information content (AvgIpc) is 2.38. The number of azide groups is 1. The zero-order valence-electron chi connectivity index (χ0n) is 9.95. The molecule has 0 heterocycles. The summed E-state index contributed by atoms with van der Waals surface area (Å²) in [6, 6.07) is 8.36. The van der Waals surface area contributed by atoms with Gasteiger partial charge < -0.3 is 10.2 Å². The van der Waals surface area contributed by atoms with Gasteiger partial charge in [0.05, 0.1) is 0 Å². The Bertz CT molecular complexity index is 691. The monoisotopic (exact) mass is 257 g/mol. The normalized spacial score (nSPS) is 10.1. The summed E-state index contributed by atoms with van der Waals surface area (Å²) < 4.78 is 0. The number of carboxylic acid groups (broad SMARTS) is 1.